The Kier molecular flexibility index (Phi) is 34.1. The molecule has 0 saturated carbocycles. The molecule has 4 heteroatoms. The minimum absolute atomic E-state index is 0.139. The van der Waals surface area contributed by atoms with E-state index < -0.39 is 0 Å². The largest absolute Gasteiger partial charge is 0.379 e. The fraction of sp³-hybridized carbons (Fsp3) is 0.944. The van der Waals surface area contributed by atoms with Crippen molar-refractivity contribution in [1.82, 2.24) is 5.32 Å². The molecular weight excluding hydrogens is 278 g/mol. The highest BCUT2D eigenvalue weighted by Crippen LogP contribution is 2.04. The highest BCUT2D eigenvalue weighted by atomic mass is 16.5. The first kappa shape index (κ1) is 26.3. The van der Waals surface area contributed by atoms with Crippen molar-refractivity contribution in [2.45, 2.75) is 80.1 Å². The van der Waals surface area contributed by atoms with E-state index in [9.17, 15) is 4.79 Å². The van der Waals surface area contributed by atoms with Gasteiger partial charge >= 0.3 is 0 Å². The van der Waals surface area contributed by atoms with Crippen LogP contribution in [0.15, 0.2) is 0 Å². The molecule has 0 spiro atoms. The summed E-state index contributed by atoms with van der Waals surface area (Å²) in [5, 5.41) is 2.86. The minimum atomic E-state index is 0.139. The molecule has 0 heterocycles. The van der Waals surface area contributed by atoms with Gasteiger partial charge in [0.05, 0.1) is 19.8 Å². The van der Waals surface area contributed by atoms with Crippen LogP contribution in [-0.2, 0) is 14.3 Å². The number of ether oxygens (including phenoxy) is 2. The molecule has 0 aromatic rings. The minimum Gasteiger partial charge on any atom is -0.379 e. The van der Waals surface area contributed by atoms with Crippen molar-refractivity contribution in [3.8, 4) is 0 Å². The number of unbranched alkanes of at least 4 members (excludes halogenated alkanes) is 4. The summed E-state index contributed by atoms with van der Waals surface area (Å²) in [5.41, 5.74) is 0. The topological polar surface area (TPSA) is 47.6 Å². The van der Waals surface area contributed by atoms with Crippen molar-refractivity contribution >= 4 is 5.91 Å². The second-order valence-corrected chi connectivity index (χ2v) is 4.32. The van der Waals surface area contributed by atoms with Gasteiger partial charge in [0.15, 0.2) is 0 Å². The van der Waals surface area contributed by atoms with E-state index in [1.165, 1.54) is 19.3 Å². The van der Waals surface area contributed by atoms with Crippen molar-refractivity contribution in [3.05, 3.63) is 0 Å². The zero-order chi connectivity index (χ0) is 17.5. The van der Waals surface area contributed by atoms with Gasteiger partial charge in [0.25, 0.3) is 0 Å². The average Bonchev–Trinajstić information content (AvgIpc) is 2.57. The lowest BCUT2D eigenvalue weighted by Crippen LogP contribution is -2.27. The number of hydrogen-bond donors (Lipinski definition) is 1. The Labute approximate surface area is 139 Å². The SMILES string of the molecule is CC.CC.CCCCCCCC(=O)NCCOCCOCC. The fourth-order valence-electron chi connectivity index (χ4n) is 1.60. The predicted octanol–water partition coefficient (Wildman–Crippen LogP) is 4.57. The maximum absolute atomic E-state index is 11.4. The highest BCUT2D eigenvalue weighted by Gasteiger charge is 1.99. The second-order valence-electron chi connectivity index (χ2n) is 4.32. The van der Waals surface area contributed by atoms with E-state index in [0.29, 0.717) is 32.8 Å². The molecule has 0 aliphatic carbocycles. The molecule has 136 valence electrons. The Morgan fingerprint density at radius 1 is 0.818 bits per heavy atom. The molecule has 0 bridgehead atoms. The van der Waals surface area contributed by atoms with Crippen LogP contribution in [0.2, 0.25) is 0 Å². The third kappa shape index (κ3) is 27.7. The smallest absolute Gasteiger partial charge is 0.220 e. The van der Waals surface area contributed by atoms with Gasteiger partial charge in [-0.3, -0.25) is 4.79 Å². The molecule has 4 nitrogen and oxygen atoms in total. The maximum Gasteiger partial charge on any atom is 0.220 e. The second kappa shape index (κ2) is 28.5. The fourth-order valence-corrected chi connectivity index (χ4v) is 1.60. The van der Waals surface area contributed by atoms with Crippen LogP contribution in [0.3, 0.4) is 0 Å². The quantitative estimate of drug-likeness (QED) is 0.506. The summed E-state index contributed by atoms with van der Waals surface area (Å²) in [4.78, 5) is 11.4. The van der Waals surface area contributed by atoms with Gasteiger partial charge in [-0.2, -0.15) is 0 Å². The zero-order valence-corrected chi connectivity index (χ0v) is 16.0. The first-order chi connectivity index (χ1) is 10.8. The predicted molar refractivity (Wildman–Crippen MR) is 96.4 cm³/mol. The summed E-state index contributed by atoms with van der Waals surface area (Å²) < 4.78 is 10.4. The van der Waals surface area contributed by atoms with Gasteiger partial charge in [-0.15, -0.1) is 0 Å². The summed E-state index contributed by atoms with van der Waals surface area (Å²) >= 11 is 0. The lowest BCUT2D eigenvalue weighted by molar-refractivity contribution is -0.121. The molecule has 0 atom stereocenters. The molecule has 1 N–H and O–H groups in total. The van der Waals surface area contributed by atoms with Crippen LogP contribution in [0.25, 0.3) is 0 Å². The standard InChI is InChI=1S/C14H29NO3.2C2H6/c1-3-5-6-7-8-9-14(16)15-10-11-18-13-12-17-4-2;2*1-2/h3-13H2,1-2H3,(H,15,16);2*1-2H3. The summed E-state index contributed by atoms with van der Waals surface area (Å²) in [6.07, 6.45) is 6.55. The monoisotopic (exact) mass is 319 g/mol. The van der Waals surface area contributed by atoms with E-state index in [-0.39, 0.29) is 5.91 Å². The van der Waals surface area contributed by atoms with E-state index in [4.69, 9.17) is 9.47 Å². The molecule has 0 aliphatic rings. The molecule has 22 heavy (non-hydrogen) atoms. The molecule has 0 unspecified atom stereocenters. The number of rotatable bonds is 13. The van der Waals surface area contributed by atoms with Crippen molar-refractivity contribution in [1.29, 1.82) is 0 Å². The first-order valence-electron chi connectivity index (χ1n) is 9.23. The van der Waals surface area contributed by atoms with Gasteiger partial charge in [-0.1, -0.05) is 60.3 Å². The van der Waals surface area contributed by atoms with Crippen LogP contribution >= 0.6 is 0 Å². The van der Waals surface area contributed by atoms with Gasteiger partial charge in [-0.25, -0.2) is 0 Å². The third-order valence-corrected chi connectivity index (χ3v) is 2.65. The van der Waals surface area contributed by atoms with Crippen LogP contribution in [0, 0.1) is 0 Å². The van der Waals surface area contributed by atoms with Crippen molar-refractivity contribution in [2.75, 3.05) is 33.0 Å². The van der Waals surface area contributed by atoms with Gasteiger partial charge in [0.1, 0.15) is 0 Å². The Balaban J connectivity index is -0.000000826. The Bertz CT molecular complexity index is 187. The lowest BCUT2D eigenvalue weighted by atomic mass is 10.1. The number of nitrogens with one attached hydrogen (secondary N) is 1. The highest BCUT2D eigenvalue weighted by molar-refractivity contribution is 5.75. The first-order valence-corrected chi connectivity index (χ1v) is 9.23. The molecule has 1 amide bonds. The molecule has 0 radical (unpaired) electrons. The number of hydrogen-bond acceptors (Lipinski definition) is 3. The number of carbonyl (C=O) groups is 1. The number of amides is 1. The van der Waals surface area contributed by atoms with Gasteiger partial charge in [0.2, 0.25) is 5.91 Å². The van der Waals surface area contributed by atoms with Crippen LogP contribution in [0.1, 0.15) is 80.1 Å². The average molecular weight is 320 g/mol. The third-order valence-electron chi connectivity index (χ3n) is 2.65. The molecule has 0 aromatic carbocycles. The Hall–Kier alpha value is -0.610. The van der Waals surface area contributed by atoms with E-state index in [2.05, 4.69) is 12.2 Å². The molecule has 0 rings (SSSR count). The van der Waals surface area contributed by atoms with Crippen LogP contribution in [0.5, 0.6) is 0 Å². The lowest BCUT2D eigenvalue weighted by Gasteiger charge is -2.06. The zero-order valence-electron chi connectivity index (χ0n) is 16.0. The molecular formula is C18H41NO3. The molecule has 0 saturated heterocycles. The van der Waals surface area contributed by atoms with Crippen molar-refractivity contribution in [3.63, 3.8) is 0 Å². The summed E-state index contributed by atoms with van der Waals surface area (Å²) in [6, 6.07) is 0. The van der Waals surface area contributed by atoms with E-state index in [1.807, 2.05) is 34.6 Å². The van der Waals surface area contributed by atoms with E-state index in [1.54, 1.807) is 0 Å². The van der Waals surface area contributed by atoms with Crippen molar-refractivity contribution < 1.29 is 14.3 Å². The summed E-state index contributed by atoms with van der Waals surface area (Å²) in [6.45, 7) is 15.3. The molecule has 0 aromatic heterocycles. The summed E-state index contributed by atoms with van der Waals surface area (Å²) in [7, 11) is 0. The normalized spacial score (nSPS) is 9.18. The molecule has 0 fully saturated rings. The van der Waals surface area contributed by atoms with E-state index >= 15 is 0 Å². The van der Waals surface area contributed by atoms with Crippen LogP contribution < -0.4 is 5.32 Å². The van der Waals surface area contributed by atoms with Gasteiger partial charge in [-0.05, 0) is 13.3 Å². The Morgan fingerprint density at radius 3 is 2.00 bits per heavy atom. The maximum atomic E-state index is 11.4. The van der Waals surface area contributed by atoms with Crippen LogP contribution in [0.4, 0.5) is 0 Å². The van der Waals surface area contributed by atoms with Gasteiger partial charge in [0, 0.05) is 19.6 Å². The van der Waals surface area contributed by atoms with Gasteiger partial charge < -0.3 is 14.8 Å². The Morgan fingerprint density at radius 2 is 1.41 bits per heavy atom. The van der Waals surface area contributed by atoms with Crippen molar-refractivity contribution in [2.24, 2.45) is 0 Å². The summed E-state index contributed by atoms with van der Waals surface area (Å²) in [5.74, 6) is 0.139. The van der Waals surface area contributed by atoms with Crippen LogP contribution in [-0.4, -0.2) is 38.9 Å². The molecule has 0 aliphatic heterocycles. The van der Waals surface area contributed by atoms with E-state index in [0.717, 1.165) is 19.4 Å². The number of carbonyl (C=O) groups excluding carboxylic acids is 1.